The van der Waals surface area contributed by atoms with E-state index in [2.05, 4.69) is 5.32 Å². The fourth-order valence-electron chi connectivity index (χ4n) is 2.34. The van der Waals surface area contributed by atoms with Crippen LogP contribution in [0, 0.1) is 5.92 Å². The Kier molecular flexibility index (Phi) is 4.77. The van der Waals surface area contributed by atoms with Crippen molar-refractivity contribution in [1.29, 1.82) is 0 Å². The Morgan fingerprint density at radius 1 is 1.25 bits per heavy atom. The molecule has 0 aromatic heterocycles. The molecule has 108 valence electrons. The Hall–Kier alpha value is -1.84. The molecule has 0 aliphatic heterocycles. The molecular weight excluding hydrogens is 252 g/mol. The summed E-state index contributed by atoms with van der Waals surface area (Å²) in [5.41, 5.74) is 1.33. The Bertz CT molecular complexity index is 491. The zero-order chi connectivity index (χ0) is 14.5. The molecule has 4 heteroatoms. The standard InChI is InChI=1S/C16H22N2O2/c1-3-18(4-2)16(20)13-9-6-10-14(11-13)17-15(19)12-7-5-8-12/h6,9-12H,3-5,7-8H2,1-2H3,(H,17,19). The van der Waals surface area contributed by atoms with Crippen LogP contribution >= 0.6 is 0 Å². The number of nitrogens with zero attached hydrogens (tertiary/aromatic N) is 1. The predicted molar refractivity (Wildman–Crippen MR) is 79.7 cm³/mol. The second kappa shape index (κ2) is 6.55. The Labute approximate surface area is 120 Å². The zero-order valence-corrected chi connectivity index (χ0v) is 12.2. The average Bonchev–Trinajstić information content (AvgIpc) is 2.38. The van der Waals surface area contributed by atoms with E-state index in [1.807, 2.05) is 26.0 Å². The summed E-state index contributed by atoms with van der Waals surface area (Å²) in [4.78, 5) is 25.9. The fraction of sp³-hybridized carbons (Fsp3) is 0.500. The van der Waals surface area contributed by atoms with Gasteiger partial charge in [-0.25, -0.2) is 0 Å². The molecule has 1 N–H and O–H groups in total. The van der Waals surface area contributed by atoms with Crippen LogP contribution in [0.15, 0.2) is 24.3 Å². The summed E-state index contributed by atoms with van der Waals surface area (Å²) in [6.45, 7) is 5.30. The first-order valence-electron chi connectivity index (χ1n) is 7.36. The van der Waals surface area contributed by atoms with Gasteiger partial charge < -0.3 is 10.2 Å². The maximum Gasteiger partial charge on any atom is 0.253 e. The number of hydrogen-bond donors (Lipinski definition) is 1. The second-order valence-corrected chi connectivity index (χ2v) is 5.18. The van der Waals surface area contributed by atoms with Crippen LogP contribution in [0.5, 0.6) is 0 Å². The van der Waals surface area contributed by atoms with Gasteiger partial charge in [-0.15, -0.1) is 0 Å². The highest BCUT2D eigenvalue weighted by Gasteiger charge is 2.25. The SMILES string of the molecule is CCN(CC)C(=O)c1cccc(NC(=O)C2CCC2)c1. The van der Waals surface area contributed by atoms with Gasteiger partial charge in [-0.05, 0) is 44.9 Å². The van der Waals surface area contributed by atoms with Crippen LogP contribution in [0.25, 0.3) is 0 Å². The molecule has 0 unspecified atom stereocenters. The van der Waals surface area contributed by atoms with E-state index in [-0.39, 0.29) is 17.7 Å². The molecule has 0 saturated heterocycles. The van der Waals surface area contributed by atoms with E-state index in [9.17, 15) is 9.59 Å². The normalized spacial score (nSPS) is 14.5. The van der Waals surface area contributed by atoms with E-state index in [1.165, 1.54) is 0 Å². The quantitative estimate of drug-likeness (QED) is 0.897. The molecule has 0 heterocycles. The number of amides is 2. The van der Waals surface area contributed by atoms with Gasteiger partial charge in [-0.2, -0.15) is 0 Å². The molecule has 2 rings (SSSR count). The lowest BCUT2D eigenvalue weighted by molar-refractivity contribution is -0.122. The first-order chi connectivity index (χ1) is 9.65. The minimum absolute atomic E-state index is 0.00902. The minimum Gasteiger partial charge on any atom is -0.339 e. The summed E-state index contributed by atoms with van der Waals surface area (Å²) in [6.07, 6.45) is 3.09. The highest BCUT2D eigenvalue weighted by molar-refractivity contribution is 5.97. The third kappa shape index (κ3) is 3.18. The smallest absolute Gasteiger partial charge is 0.253 e. The summed E-state index contributed by atoms with van der Waals surface area (Å²) in [5.74, 6) is 0.232. The molecule has 2 amide bonds. The maximum absolute atomic E-state index is 12.3. The molecule has 1 fully saturated rings. The average molecular weight is 274 g/mol. The predicted octanol–water partition coefficient (Wildman–Crippen LogP) is 2.91. The zero-order valence-electron chi connectivity index (χ0n) is 12.2. The topological polar surface area (TPSA) is 49.4 Å². The summed E-state index contributed by atoms with van der Waals surface area (Å²) in [5, 5.41) is 2.90. The van der Waals surface area contributed by atoms with Gasteiger partial charge in [-0.3, -0.25) is 9.59 Å². The van der Waals surface area contributed by atoms with E-state index in [0.717, 1.165) is 19.3 Å². The van der Waals surface area contributed by atoms with E-state index in [1.54, 1.807) is 17.0 Å². The number of nitrogens with one attached hydrogen (secondary N) is 1. The number of carbonyl (C=O) groups excluding carboxylic acids is 2. The van der Waals surface area contributed by atoms with Crippen molar-refractivity contribution in [1.82, 2.24) is 4.90 Å². The summed E-state index contributed by atoms with van der Waals surface area (Å²) < 4.78 is 0. The maximum atomic E-state index is 12.3. The van der Waals surface area contributed by atoms with Crippen molar-refractivity contribution >= 4 is 17.5 Å². The van der Waals surface area contributed by atoms with Gasteiger partial charge in [0.2, 0.25) is 5.91 Å². The molecule has 4 nitrogen and oxygen atoms in total. The molecule has 0 bridgehead atoms. The van der Waals surface area contributed by atoms with Crippen LogP contribution in [0.2, 0.25) is 0 Å². The van der Waals surface area contributed by atoms with Gasteiger partial charge in [0, 0.05) is 30.3 Å². The molecular formula is C16H22N2O2. The van der Waals surface area contributed by atoms with Gasteiger partial charge in [0.05, 0.1) is 0 Å². The fourth-order valence-corrected chi connectivity index (χ4v) is 2.34. The molecule has 1 aromatic carbocycles. The van der Waals surface area contributed by atoms with Crippen molar-refractivity contribution in [2.45, 2.75) is 33.1 Å². The van der Waals surface area contributed by atoms with Crippen LogP contribution in [-0.4, -0.2) is 29.8 Å². The number of carbonyl (C=O) groups is 2. The lowest BCUT2D eigenvalue weighted by atomic mass is 9.85. The Morgan fingerprint density at radius 3 is 2.50 bits per heavy atom. The lowest BCUT2D eigenvalue weighted by Crippen LogP contribution is -2.31. The third-order valence-corrected chi connectivity index (χ3v) is 3.90. The number of rotatable bonds is 5. The van der Waals surface area contributed by atoms with E-state index < -0.39 is 0 Å². The summed E-state index contributed by atoms with van der Waals surface area (Å²) in [7, 11) is 0. The number of benzene rings is 1. The van der Waals surface area contributed by atoms with Gasteiger partial charge in [-0.1, -0.05) is 12.5 Å². The number of hydrogen-bond acceptors (Lipinski definition) is 2. The molecule has 1 aliphatic carbocycles. The monoisotopic (exact) mass is 274 g/mol. The first-order valence-corrected chi connectivity index (χ1v) is 7.36. The molecule has 0 atom stereocenters. The summed E-state index contributed by atoms with van der Waals surface area (Å²) >= 11 is 0. The van der Waals surface area contributed by atoms with Gasteiger partial charge in [0.25, 0.3) is 5.91 Å². The van der Waals surface area contributed by atoms with Crippen LogP contribution in [0.3, 0.4) is 0 Å². The van der Waals surface area contributed by atoms with Crippen LogP contribution in [0.1, 0.15) is 43.5 Å². The Morgan fingerprint density at radius 2 is 1.95 bits per heavy atom. The van der Waals surface area contributed by atoms with E-state index >= 15 is 0 Å². The van der Waals surface area contributed by atoms with Crippen LogP contribution < -0.4 is 5.32 Å². The van der Waals surface area contributed by atoms with Gasteiger partial charge in [0.1, 0.15) is 0 Å². The highest BCUT2D eigenvalue weighted by Crippen LogP contribution is 2.27. The highest BCUT2D eigenvalue weighted by atomic mass is 16.2. The second-order valence-electron chi connectivity index (χ2n) is 5.18. The molecule has 1 saturated carbocycles. The van der Waals surface area contributed by atoms with E-state index in [0.29, 0.717) is 24.3 Å². The van der Waals surface area contributed by atoms with Crippen molar-refractivity contribution in [2.75, 3.05) is 18.4 Å². The van der Waals surface area contributed by atoms with Crippen molar-refractivity contribution < 1.29 is 9.59 Å². The van der Waals surface area contributed by atoms with Crippen molar-refractivity contribution in [3.8, 4) is 0 Å². The third-order valence-electron chi connectivity index (χ3n) is 3.90. The molecule has 0 spiro atoms. The lowest BCUT2D eigenvalue weighted by Gasteiger charge is -2.24. The molecule has 20 heavy (non-hydrogen) atoms. The minimum atomic E-state index is 0.00902. The number of anilines is 1. The van der Waals surface area contributed by atoms with Crippen LogP contribution in [0.4, 0.5) is 5.69 Å². The Balaban J connectivity index is 2.07. The van der Waals surface area contributed by atoms with E-state index in [4.69, 9.17) is 0 Å². The summed E-state index contributed by atoms with van der Waals surface area (Å²) in [6, 6.07) is 7.19. The molecule has 0 radical (unpaired) electrons. The van der Waals surface area contributed by atoms with Gasteiger partial charge in [0.15, 0.2) is 0 Å². The van der Waals surface area contributed by atoms with Crippen molar-refractivity contribution in [3.05, 3.63) is 29.8 Å². The van der Waals surface area contributed by atoms with Gasteiger partial charge >= 0.3 is 0 Å². The molecule has 1 aromatic rings. The first kappa shape index (κ1) is 14.6. The van der Waals surface area contributed by atoms with Crippen molar-refractivity contribution in [2.24, 2.45) is 5.92 Å². The molecule has 1 aliphatic rings. The largest absolute Gasteiger partial charge is 0.339 e. The van der Waals surface area contributed by atoms with Crippen LogP contribution in [-0.2, 0) is 4.79 Å². The van der Waals surface area contributed by atoms with Crippen molar-refractivity contribution in [3.63, 3.8) is 0 Å².